The van der Waals surface area contributed by atoms with Gasteiger partial charge < -0.3 is 10.0 Å². The Bertz CT molecular complexity index is 375. The van der Waals surface area contributed by atoms with E-state index in [1.54, 1.807) is 18.3 Å². The summed E-state index contributed by atoms with van der Waals surface area (Å²) in [5.41, 5.74) is 0.604. The van der Waals surface area contributed by atoms with E-state index in [1.807, 2.05) is 0 Å². The largest absolute Gasteiger partial charge is 0.395 e. The summed E-state index contributed by atoms with van der Waals surface area (Å²) in [7, 11) is 0. The minimum atomic E-state index is 0.0887. The van der Waals surface area contributed by atoms with Crippen LogP contribution >= 0.6 is 0 Å². The first-order valence-corrected chi connectivity index (χ1v) is 6.14. The maximum atomic E-state index is 11.0. The molecule has 1 aromatic heterocycles. The van der Waals surface area contributed by atoms with E-state index >= 15 is 0 Å². The zero-order valence-electron chi connectivity index (χ0n) is 9.88. The molecule has 1 N–H and O–H groups in total. The second-order valence-electron chi connectivity index (χ2n) is 4.39. The van der Waals surface area contributed by atoms with Crippen LogP contribution in [0.3, 0.4) is 0 Å². The number of carbonyl (C=O) groups excluding carboxylic acids is 1. The van der Waals surface area contributed by atoms with Crippen molar-refractivity contribution in [3.05, 3.63) is 23.9 Å². The Morgan fingerprint density at radius 3 is 2.88 bits per heavy atom. The average Bonchev–Trinajstić information content (AvgIpc) is 2.89. The molecular weight excluding hydrogens is 216 g/mol. The Morgan fingerprint density at radius 1 is 1.47 bits per heavy atom. The number of aliphatic hydroxyl groups is 1. The highest BCUT2D eigenvalue weighted by Crippen LogP contribution is 2.28. The van der Waals surface area contributed by atoms with Crippen LogP contribution in [0.2, 0.25) is 0 Å². The molecule has 0 saturated heterocycles. The molecule has 92 valence electrons. The minimum absolute atomic E-state index is 0.0887. The van der Waals surface area contributed by atoms with E-state index in [-0.39, 0.29) is 6.61 Å². The van der Waals surface area contributed by atoms with Gasteiger partial charge in [0.25, 0.3) is 0 Å². The Kier molecular flexibility index (Phi) is 4.09. The van der Waals surface area contributed by atoms with Crippen molar-refractivity contribution in [3.8, 4) is 0 Å². The van der Waals surface area contributed by atoms with Crippen LogP contribution in [-0.2, 0) is 0 Å². The fraction of sp³-hybridized carbons (Fsp3) is 0.538. The summed E-state index contributed by atoms with van der Waals surface area (Å²) in [5.74, 6) is 0.712. The highest BCUT2D eigenvalue weighted by atomic mass is 16.3. The zero-order valence-corrected chi connectivity index (χ0v) is 9.88. The Hall–Kier alpha value is -1.42. The Labute approximate surface area is 101 Å². The van der Waals surface area contributed by atoms with Crippen molar-refractivity contribution in [1.29, 1.82) is 0 Å². The topological polar surface area (TPSA) is 53.4 Å². The molecule has 0 spiro atoms. The fourth-order valence-electron chi connectivity index (χ4n) is 2.53. The van der Waals surface area contributed by atoms with Crippen molar-refractivity contribution in [2.24, 2.45) is 0 Å². The van der Waals surface area contributed by atoms with Gasteiger partial charge in [-0.1, -0.05) is 12.8 Å². The second-order valence-corrected chi connectivity index (χ2v) is 4.39. The normalized spacial score (nSPS) is 16.1. The number of hydrogen-bond acceptors (Lipinski definition) is 4. The molecule has 1 heterocycles. The SMILES string of the molecule is O=Cc1cccnc1N(CCO)C1CCCC1. The summed E-state index contributed by atoms with van der Waals surface area (Å²) < 4.78 is 0. The van der Waals surface area contributed by atoms with Crippen LogP contribution in [-0.4, -0.2) is 35.6 Å². The van der Waals surface area contributed by atoms with Gasteiger partial charge in [0.05, 0.1) is 12.2 Å². The summed E-state index contributed by atoms with van der Waals surface area (Å²) >= 11 is 0. The van der Waals surface area contributed by atoms with Crippen molar-refractivity contribution < 1.29 is 9.90 Å². The summed E-state index contributed by atoms with van der Waals surface area (Å²) in [6, 6.07) is 3.95. The van der Waals surface area contributed by atoms with Gasteiger partial charge in [-0.25, -0.2) is 4.98 Å². The molecule has 1 aliphatic rings. The van der Waals surface area contributed by atoms with Gasteiger partial charge in [-0.3, -0.25) is 4.79 Å². The van der Waals surface area contributed by atoms with Gasteiger partial charge in [0.15, 0.2) is 6.29 Å². The lowest BCUT2D eigenvalue weighted by Gasteiger charge is -2.30. The molecule has 1 saturated carbocycles. The monoisotopic (exact) mass is 234 g/mol. The van der Waals surface area contributed by atoms with Crippen molar-refractivity contribution in [1.82, 2.24) is 4.98 Å². The zero-order chi connectivity index (χ0) is 12.1. The van der Waals surface area contributed by atoms with E-state index in [9.17, 15) is 4.79 Å². The maximum absolute atomic E-state index is 11.0. The molecule has 17 heavy (non-hydrogen) atoms. The van der Waals surface area contributed by atoms with Crippen LogP contribution in [0.25, 0.3) is 0 Å². The van der Waals surface area contributed by atoms with E-state index in [4.69, 9.17) is 5.11 Å². The van der Waals surface area contributed by atoms with Crippen LogP contribution in [0, 0.1) is 0 Å². The molecule has 0 bridgehead atoms. The van der Waals surface area contributed by atoms with E-state index in [0.29, 0.717) is 24.0 Å². The average molecular weight is 234 g/mol. The molecule has 2 rings (SSSR count). The summed E-state index contributed by atoms with van der Waals surface area (Å²) in [6.07, 6.45) is 7.21. The van der Waals surface area contributed by atoms with Gasteiger partial charge in [0.1, 0.15) is 5.82 Å². The van der Waals surface area contributed by atoms with Crippen molar-refractivity contribution >= 4 is 12.1 Å². The van der Waals surface area contributed by atoms with Crippen molar-refractivity contribution in [2.45, 2.75) is 31.7 Å². The first-order chi connectivity index (χ1) is 8.36. The molecule has 0 amide bonds. The third-order valence-corrected chi connectivity index (χ3v) is 3.32. The minimum Gasteiger partial charge on any atom is -0.395 e. The molecule has 4 nitrogen and oxygen atoms in total. The number of anilines is 1. The molecular formula is C13H18N2O2. The predicted molar refractivity (Wildman–Crippen MR) is 66.3 cm³/mol. The third-order valence-electron chi connectivity index (χ3n) is 3.32. The molecule has 0 aromatic carbocycles. The number of aromatic nitrogens is 1. The molecule has 0 atom stereocenters. The van der Waals surface area contributed by atoms with E-state index < -0.39 is 0 Å². The van der Waals surface area contributed by atoms with E-state index in [2.05, 4.69) is 9.88 Å². The lowest BCUT2D eigenvalue weighted by Crippen LogP contribution is -2.37. The quantitative estimate of drug-likeness (QED) is 0.787. The van der Waals surface area contributed by atoms with Crippen molar-refractivity contribution in [3.63, 3.8) is 0 Å². The van der Waals surface area contributed by atoms with Gasteiger partial charge in [-0.2, -0.15) is 0 Å². The number of hydrogen-bond donors (Lipinski definition) is 1. The van der Waals surface area contributed by atoms with Gasteiger partial charge in [0, 0.05) is 18.8 Å². The van der Waals surface area contributed by atoms with Gasteiger partial charge in [-0.05, 0) is 25.0 Å². The lowest BCUT2D eigenvalue weighted by molar-refractivity contribution is 0.112. The molecule has 0 unspecified atom stereocenters. The van der Waals surface area contributed by atoms with Crippen LogP contribution in [0.4, 0.5) is 5.82 Å². The van der Waals surface area contributed by atoms with Gasteiger partial charge in [0.2, 0.25) is 0 Å². The molecule has 0 aliphatic heterocycles. The number of aliphatic hydroxyl groups excluding tert-OH is 1. The van der Waals surface area contributed by atoms with Crippen LogP contribution < -0.4 is 4.90 Å². The Balaban J connectivity index is 2.27. The van der Waals surface area contributed by atoms with Crippen LogP contribution in [0.15, 0.2) is 18.3 Å². The van der Waals surface area contributed by atoms with Crippen LogP contribution in [0.1, 0.15) is 36.0 Å². The number of nitrogens with zero attached hydrogens (tertiary/aromatic N) is 2. The van der Waals surface area contributed by atoms with Gasteiger partial charge >= 0.3 is 0 Å². The highest BCUT2D eigenvalue weighted by molar-refractivity contribution is 5.82. The third kappa shape index (κ3) is 2.64. The highest BCUT2D eigenvalue weighted by Gasteiger charge is 2.24. The maximum Gasteiger partial charge on any atom is 0.153 e. The standard InChI is InChI=1S/C13H18N2O2/c16-9-8-15(12-5-1-2-6-12)13-11(10-17)4-3-7-14-13/h3-4,7,10,12,16H,1-2,5-6,8-9H2. The lowest BCUT2D eigenvalue weighted by atomic mass is 10.1. The number of aldehydes is 1. The van der Waals surface area contributed by atoms with Crippen molar-refractivity contribution in [2.75, 3.05) is 18.1 Å². The first kappa shape index (κ1) is 12.0. The number of carbonyl (C=O) groups is 1. The number of pyridine rings is 1. The first-order valence-electron chi connectivity index (χ1n) is 6.14. The van der Waals surface area contributed by atoms with Gasteiger partial charge in [-0.15, -0.1) is 0 Å². The second kappa shape index (κ2) is 5.77. The predicted octanol–water partition coefficient (Wildman–Crippen LogP) is 1.64. The smallest absolute Gasteiger partial charge is 0.153 e. The molecule has 1 aliphatic carbocycles. The fourth-order valence-corrected chi connectivity index (χ4v) is 2.53. The Morgan fingerprint density at radius 2 is 2.24 bits per heavy atom. The van der Waals surface area contributed by atoms with E-state index in [0.717, 1.165) is 19.1 Å². The van der Waals surface area contributed by atoms with Crippen LogP contribution in [0.5, 0.6) is 0 Å². The van der Waals surface area contributed by atoms with E-state index in [1.165, 1.54) is 12.8 Å². The summed E-state index contributed by atoms with van der Waals surface area (Å²) in [5, 5.41) is 9.16. The summed E-state index contributed by atoms with van der Waals surface area (Å²) in [6.45, 7) is 0.633. The molecule has 0 radical (unpaired) electrons. The number of rotatable bonds is 5. The molecule has 1 fully saturated rings. The molecule has 4 heteroatoms. The summed E-state index contributed by atoms with van der Waals surface area (Å²) in [4.78, 5) is 17.4. The molecule has 1 aromatic rings.